The van der Waals surface area contributed by atoms with E-state index >= 15 is 0 Å². The molecule has 6 nitrogen and oxygen atoms in total. The molecule has 2 aromatic rings. The topological polar surface area (TPSA) is 75.7 Å². The fourth-order valence-corrected chi connectivity index (χ4v) is 4.01. The lowest BCUT2D eigenvalue weighted by Gasteiger charge is -2.15. The molecule has 0 aromatic carbocycles. The summed E-state index contributed by atoms with van der Waals surface area (Å²) in [5.41, 5.74) is 0.830. The van der Waals surface area contributed by atoms with Crippen molar-refractivity contribution in [1.82, 2.24) is 9.62 Å². The highest BCUT2D eigenvalue weighted by molar-refractivity contribution is 9.10. The van der Waals surface area contributed by atoms with E-state index in [1.54, 1.807) is 26.3 Å². The summed E-state index contributed by atoms with van der Waals surface area (Å²) in [7, 11) is -0.348. The molecule has 2 heterocycles. The van der Waals surface area contributed by atoms with Gasteiger partial charge in [-0.2, -0.15) is 4.31 Å². The zero-order chi connectivity index (χ0) is 15.6. The average Bonchev–Trinajstić information content (AvgIpc) is 2.97. The van der Waals surface area contributed by atoms with Gasteiger partial charge in [0, 0.05) is 25.2 Å². The second kappa shape index (κ2) is 6.35. The van der Waals surface area contributed by atoms with Gasteiger partial charge in [-0.1, -0.05) is 0 Å². The number of halogens is 1. The van der Waals surface area contributed by atoms with E-state index in [0.29, 0.717) is 18.1 Å². The first-order chi connectivity index (χ1) is 9.86. The van der Waals surface area contributed by atoms with Gasteiger partial charge >= 0.3 is 0 Å². The molecule has 0 bridgehead atoms. The van der Waals surface area contributed by atoms with Crippen molar-refractivity contribution in [1.29, 1.82) is 0 Å². The summed E-state index contributed by atoms with van der Waals surface area (Å²) in [6.07, 6.45) is 1.55. The SMILES string of the molecule is CNCc1cc(S(=O)(=O)N(C)Cc2ccoc2C)c(Br)o1. The van der Waals surface area contributed by atoms with Crippen molar-refractivity contribution in [3.63, 3.8) is 0 Å². The molecule has 116 valence electrons. The third-order valence-corrected chi connectivity index (χ3v) is 5.77. The highest BCUT2D eigenvalue weighted by Crippen LogP contribution is 2.29. The molecule has 21 heavy (non-hydrogen) atoms. The largest absolute Gasteiger partial charge is 0.469 e. The highest BCUT2D eigenvalue weighted by Gasteiger charge is 2.27. The first kappa shape index (κ1) is 16.3. The predicted octanol–water partition coefficient (Wildman–Crippen LogP) is 2.48. The van der Waals surface area contributed by atoms with Crippen LogP contribution in [-0.4, -0.2) is 26.8 Å². The molecule has 0 radical (unpaired) electrons. The van der Waals surface area contributed by atoms with E-state index in [1.165, 1.54) is 17.4 Å². The van der Waals surface area contributed by atoms with Gasteiger partial charge in [-0.25, -0.2) is 8.42 Å². The highest BCUT2D eigenvalue weighted by atomic mass is 79.9. The molecule has 0 amide bonds. The number of aryl methyl sites for hydroxylation is 1. The minimum absolute atomic E-state index is 0.122. The van der Waals surface area contributed by atoms with Crippen molar-refractivity contribution in [3.8, 4) is 0 Å². The van der Waals surface area contributed by atoms with Gasteiger partial charge in [0.05, 0.1) is 12.8 Å². The Labute approximate surface area is 132 Å². The number of nitrogens with zero attached hydrogens (tertiary/aromatic N) is 1. The van der Waals surface area contributed by atoms with E-state index in [0.717, 1.165) is 5.56 Å². The van der Waals surface area contributed by atoms with Gasteiger partial charge in [-0.05, 0) is 36.0 Å². The van der Waals surface area contributed by atoms with Crippen LogP contribution in [0, 0.1) is 6.92 Å². The van der Waals surface area contributed by atoms with E-state index in [9.17, 15) is 8.42 Å². The second-order valence-corrected chi connectivity index (χ2v) is 7.38. The van der Waals surface area contributed by atoms with Crippen molar-refractivity contribution in [2.75, 3.05) is 14.1 Å². The summed E-state index contributed by atoms with van der Waals surface area (Å²) in [5, 5.41) is 2.91. The van der Waals surface area contributed by atoms with Crippen LogP contribution in [0.25, 0.3) is 0 Å². The molecule has 2 aromatic heterocycles. The van der Waals surface area contributed by atoms with Crippen LogP contribution in [0.5, 0.6) is 0 Å². The first-order valence-corrected chi connectivity index (χ1v) is 8.51. The van der Waals surface area contributed by atoms with E-state index < -0.39 is 10.0 Å². The summed E-state index contributed by atoms with van der Waals surface area (Å²) in [6.45, 7) is 2.50. The molecule has 0 aliphatic rings. The van der Waals surface area contributed by atoms with Crippen molar-refractivity contribution < 1.29 is 17.3 Å². The predicted molar refractivity (Wildman–Crippen MR) is 81.3 cm³/mol. The number of hydrogen-bond acceptors (Lipinski definition) is 5. The molecule has 0 saturated heterocycles. The minimum Gasteiger partial charge on any atom is -0.469 e. The normalized spacial score (nSPS) is 12.2. The number of furan rings is 2. The van der Waals surface area contributed by atoms with E-state index in [4.69, 9.17) is 8.83 Å². The Hall–Kier alpha value is -1.09. The van der Waals surface area contributed by atoms with Gasteiger partial charge in [0.25, 0.3) is 0 Å². The lowest BCUT2D eigenvalue weighted by molar-refractivity contribution is 0.450. The molecule has 0 aliphatic carbocycles. The summed E-state index contributed by atoms with van der Waals surface area (Å²) >= 11 is 3.16. The Morgan fingerprint density at radius 1 is 1.43 bits per heavy atom. The van der Waals surface area contributed by atoms with Gasteiger partial charge in [0.15, 0.2) is 4.67 Å². The smallest absolute Gasteiger partial charge is 0.247 e. The number of hydrogen-bond donors (Lipinski definition) is 1. The molecule has 0 atom stereocenters. The maximum absolute atomic E-state index is 12.6. The van der Waals surface area contributed by atoms with Crippen molar-refractivity contribution in [2.24, 2.45) is 0 Å². The summed E-state index contributed by atoms with van der Waals surface area (Å²) < 4.78 is 37.2. The van der Waals surface area contributed by atoms with E-state index in [1.807, 2.05) is 0 Å². The molecule has 8 heteroatoms. The molecule has 0 spiro atoms. The monoisotopic (exact) mass is 376 g/mol. The molecule has 0 fully saturated rings. The Morgan fingerprint density at radius 2 is 2.14 bits per heavy atom. The third kappa shape index (κ3) is 3.39. The van der Waals surface area contributed by atoms with Crippen LogP contribution in [0.4, 0.5) is 0 Å². The van der Waals surface area contributed by atoms with Crippen LogP contribution in [0.2, 0.25) is 0 Å². The van der Waals surface area contributed by atoms with Crippen LogP contribution < -0.4 is 5.32 Å². The lowest BCUT2D eigenvalue weighted by Crippen LogP contribution is -2.26. The van der Waals surface area contributed by atoms with Gasteiger partial charge in [0.2, 0.25) is 10.0 Å². The zero-order valence-corrected chi connectivity index (χ0v) is 14.4. The van der Waals surface area contributed by atoms with Crippen LogP contribution in [0.15, 0.2) is 36.8 Å². The average molecular weight is 377 g/mol. The molecule has 0 aliphatic heterocycles. The van der Waals surface area contributed by atoms with Crippen molar-refractivity contribution in [3.05, 3.63) is 40.1 Å². The molecular formula is C13H17BrN2O4S. The number of sulfonamides is 1. The Balaban J connectivity index is 2.26. The second-order valence-electron chi connectivity index (χ2n) is 4.64. The Morgan fingerprint density at radius 3 is 2.71 bits per heavy atom. The minimum atomic E-state index is -3.64. The maximum atomic E-state index is 12.6. The lowest BCUT2D eigenvalue weighted by atomic mass is 10.3. The van der Waals surface area contributed by atoms with Crippen LogP contribution in [0.3, 0.4) is 0 Å². The van der Waals surface area contributed by atoms with Gasteiger partial charge in [-0.3, -0.25) is 0 Å². The molecule has 0 saturated carbocycles. The number of nitrogens with one attached hydrogen (secondary N) is 1. The quantitative estimate of drug-likeness (QED) is 0.837. The third-order valence-electron chi connectivity index (χ3n) is 3.10. The Kier molecular flexibility index (Phi) is 4.92. The fourth-order valence-electron chi connectivity index (χ4n) is 1.90. The summed E-state index contributed by atoms with van der Waals surface area (Å²) in [4.78, 5) is 0.122. The molecule has 2 rings (SSSR count). The summed E-state index contributed by atoms with van der Waals surface area (Å²) in [6, 6.07) is 3.28. The van der Waals surface area contributed by atoms with E-state index in [2.05, 4.69) is 21.2 Å². The zero-order valence-electron chi connectivity index (χ0n) is 12.0. The standard InChI is InChI=1S/C13H17BrN2O4S/c1-9-10(4-5-19-9)8-16(3)21(17,18)12-6-11(7-15-2)20-13(12)14/h4-6,15H,7-8H2,1-3H3. The molecular weight excluding hydrogens is 360 g/mol. The fraction of sp³-hybridized carbons (Fsp3) is 0.385. The molecule has 0 unspecified atom stereocenters. The van der Waals surface area contributed by atoms with Crippen molar-refractivity contribution >= 4 is 26.0 Å². The molecule has 1 N–H and O–H groups in total. The summed E-state index contributed by atoms with van der Waals surface area (Å²) in [5.74, 6) is 1.26. The van der Waals surface area contributed by atoms with Crippen LogP contribution in [-0.2, 0) is 23.1 Å². The van der Waals surface area contributed by atoms with Gasteiger partial charge in [-0.15, -0.1) is 0 Å². The van der Waals surface area contributed by atoms with Crippen molar-refractivity contribution in [2.45, 2.75) is 24.9 Å². The Bertz CT molecular complexity index is 720. The van der Waals surface area contributed by atoms with Crippen LogP contribution in [0.1, 0.15) is 17.1 Å². The van der Waals surface area contributed by atoms with Crippen LogP contribution >= 0.6 is 15.9 Å². The van der Waals surface area contributed by atoms with E-state index in [-0.39, 0.29) is 16.1 Å². The van der Waals surface area contributed by atoms with Gasteiger partial charge in [0.1, 0.15) is 16.4 Å². The van der Waals surface area contributed by atoms with Gasteiger partial charge < -0.3 is 14.2 Å². The number of rotatable bonds is 6. The maximum Gasteiger partial charge on any atom is 0.247 e. The first-order valence-electron chi connectivity index (χ1n) is 6.28.